The van der Waals surface area contributed by atoms with E-state index >= 15 is 0 Å². The van der Waals surface area contributed by atoms with Crippen molar-refractivity contribution >= 4 is 17.9 Å². The van der Waals surface area contributed by atoms with E-state index < -0.39 is 29.9 Å². The second-order valence-corrected chi connectivity index (χ2v) is 3.30. The number of methoxy groups -OCH3 is 2. The van der Waals surface area contributed by atoms with Crippen molar-refractivity contribution in [3.63, 3.8) is 0 Å². The fourth-order valence-corrected chi connectivity index (χ4v) is 1.51. The lowest BCUT2D eigenvalue weighted by atomic mass is 9.98. The molecule has 0 aromatic carbocycles. The second-order valence-electron chi connectivity index (χ2n) is 3.30. The van der Waals surface area contributed by atoms with Gasteiger partial charge in [0.15, 0.2) is 5.92 Å². The van der Waals surface area contributed by atoms with Crippen molar-refractivity contribution in [1.82, 2.24) is 5.06 Å². The van der Waals surface area contributed by atoms with E-state index in [0.717, 1.165) is 0 Å². The van der Waals surface area contributed by atoms with E-state index in [1.54, 1.807) is 0 Å². The smallest absolute Gasteiger partial charge is 0.341 e. The molecule has 0 aromatic heterocycles. The van der Waals surface area contributed by atoms with Crippen LogP contribution in [0.2, 0.25) is 0 Å². The predicted molar refractivity (Wildman–Crippen MR) is 49.8 cm³/mol. The van der Waals surface area contributed by atoms with E-state index in [4.69, 9.17) is 4.84 Å². The Morgan fingerprint density at radius 3 is 2.50 bits per heavy atom. The molecule has 0 spiro atoms. The van der Waals surface area contributed by atoms with Crippen LogP contribution in [0.1, 0.15) is 6.42 Å². The maximum Gasteiger partial charge on any atom is 0.341 e. The minimum absolute atomic E-state index is 0.113. The third-order valence-electron chi connectivity index (χ3n) is 2.40. The van der Waals surface area contributed by atoms with Gasteiger partial charge in [-0.15, -0.1) is 5.06 Å². The molecule has 7 nitrogen and oxygen atoms in total. The van der Waals surface area contributed by atoms with Gasteiger partial charge in [0.1, 0.15) is 0 Å². The third kappa shape index (κ3) is 2.30. The molecule has 0 aliphatic carbocycles. The van der Waals surface area contributed by atoms with Gasteiger partial charge in [0, 0.05) is 7.05 Å². The van der Waals surface area contributed by atoms with Crippen LogP contribution in [0.5, 0.6) is 0 Å². The molecule has 0 unspecified atom stereocenters. The van der Waals surface area contributed by atoms with E-state index in [-0.39, 0.29) is 6.42 Å². The number of hydroxylamine groups is 2. The summed E-state index contributed by atoms with van der Waals surface area (Å²) in [5.74, 6) is -3.07. The van der Waals surface area contributed by atoms with Crippen LogP contribution in [0, 0.1) is 5.92 Å². The summed E-state index contributed by atoms with van der Waals surface area (Å²) in [7, 11) is 3.87. The van der Waals surface area contributed by atoms with E-state index in [1.807, 2.05) is 0 Å². The van der Waals surface area contributed by atoms with Crippen molar-refractivity contribution in [3.8, 4) is 0 Å². The summed E-state index contributed by atoms with van der Waals surface area (Å²) in [5.41, 5.74) is 0. The molecule has 0 N–H and O–H groups in total. The molecular weight excluding hydrogens is 218 g/mol. The number of ether oxygens (including phenoxy) is 2. The van der Waals surface area contributed by atoms with Crippen molar-refractivity contribution in [3.05, 3.63) is 0 Å². The Bertz CT molecular complexity index is 307. The van der Waals surface area contributed by atoms with Gasteiger partial charge in [-0.1, -0.05) is 0 Å². The van der Waals surface area contributed by atoms with E-state index in [1.165, 1.54) is 26.3 Å². The molecule has 0 aromatic rings. The average molecular weight is 231 g/mol. The van der Waals surface area contributed by atoms with E-state index in [2.05, 4.69) is 9.47 Å². The fourth-order valence-electron chi connectivity index (χ4n) is 1.51. The van der Waals surface area contributed by atoms with Crippen molar-refractivity contribution < 1.29 is 28.7 Å². The number of carbonyl (C=O) groups excluding carboxylic acids is 3. The molecule has 16 heavy (non-hydrogen) atoms. The molecular formula is C9H13NO6. The molecule has 0 amide bonds. The largest absolute Gasteiger partial charge is 0.469 e. The van der Waals surface area contributed by atoms with Crippen molar-refractivity contribution in [2.75, 3.05) is 21.3 Å². The van der Waals surface area contributed by atoms with Gasteiger partial charge in [0.2, 0.25) is 0 Å². The number of carbonyl (C=O) groups is 3. The van der Waals surface area contributed by atoms with Gasteiger partial charge >= 0.3 is 17.9 Å². The summed E-state index contributed by atoms with van der Waals surface area (Å²) in [6.45, 7) is 0. The van der Waals surface area contributed by atoms with Gasteiger partial charge in [-0.3, -0.25) is 9.59 Å². The number of nitrogens with zero attached hydrogens (tertiary/aromatic N) is 1. The Morgan fingerprint density at radius 1 is 1.38 bits per heavy atom. The lowest BCUT2D eigenvalue weighted by molar-refractivity contribution is -0.171. The zero-order chi connectivity index (χ0) is 12.3. The number of esters is 2. The fraction of sp³-hybridized carbons (Fsp3) is 0.667. The van der Waals surface area contributed by atoms with Gasteiger partial charge in [-0.2, -0.15) is 0 Å². The van der Waals surface area contributed by atoms with Crippen molar-refractivity contribution in [2.24, 2.45) is 5.92 Å². The van der Waals surface area contributed by atoms with Crippen LogP contribution in [0.3, 0.4) is 0 Å². The lowest BCUT2D eigenvalue weighted by Gasteiger charge is -2.17. The second kappa shape index (κ2) is 4.93. The van der Waals surface area contributed by atoms with E-state index in [0.29, 0.717) is 0 Å². The molecule has 1 fully saturated rings. The maximum atomic E-state index is 11.3. The topological polar surface area (TPSA) is 82.1 Å². The summed E-state index contributed by atoms with van der Waals surface area (Å²) >= 11 is 0. The molecule has 1 rings (SSSR count). The van der Waals surface area contributed by atoms with Gasteiger partial charge < -0.3 is 14.3 Å². The summed E-state index contributed by atoms with van der Waals surface area (Å²) < 4.78 is 8.95. The van der Waals surface area contributed by atoms with Gasteiger partial charge in [0.05, 0.1) is 26.7 Å². The number of rotatable bonds is 3. The first-order chi connectivity index (χ1) is 7.51. The van der Waals surface area contributed by atoms with Gasteiger partial charge in [0.25, 0.3) is 0 Å². The predicted octanol–water partition coefficient (Wildman–Crippen LogP) is -0.889. The monoisotopic (exact) mass is 231 g/mol. The zero-order valence-corrected chi connectivity index (χ0v) is 9.26. The molecule has 0 bridgehead atoms. The maximum absolute atomic E-state index is 11.3. The number of hydrogen-bond donors (Lipinski definition) is 0. The summed E-state index contributed by atoms with van der Waals surface area (Å²) in [6, 6.07) is -0.688. The minimum Gasteiger partial charge on any atom is -0.469 e. The Hall–Kier alpha value is -1.63. The highest BCUT2D eigenvalue weighted by Gasteiger charge is 2.48. The zero-order valence-electron chi connectivity index (χ0n) is 9.26. The summed E-state index contributed by atoms with van der Waals surface area (Å²) in [6.07, 6.45) is -0.113. The Kier molecular flexibility index (Phi) is 3.83. The summed E-state index contributed by atoms with van der Waals surface area (Å²) in [5, 5.41) is 1.17. The van der Waals surface area contributed by atoms with Crippen LogP contribution < -0.4 is 0 Å². The normalized spacial score (nSPS) is 25.1. The highest BCUT2D eigenvalue weighted by molar-refractivity contribution is 5.97. The lowest BCUT2D eigenvalue weighted by Crippen LogP contribution is -2.36. The number of hydrogen-bond acceptors (Lipinski definition) is 7. The first-order valence-corrected chi connectivity index (χ1v) is 4.60. The quantitative estimate of drug-likeness (QED) is 0.460. The Morgan fingerprint density at radius 2 is 2.00 bits per heavy atom. The molecule has 1 heterocycles. The molecule has 1 saturated heterocycles. The standard InChI is InChI=1S/C9H13NO6/c1-10-5(4-6(11)14-2)7(8(12)15-3)9(13)16-10/h5,7H,4H2,1-3H3/t5-,7+/m0/s1. The molecule has 0 saturated carbocycles. The highest BCUT2D eigenvalue weighted by atomic mass is 16.7. The molecule has 0 radical (unpaired) electrons. The molecule has 90 valence electrons. The third-order valence-corrected chi connectivity index (χ3v) is 2.40. The molecule has 1 aliphatic rings. The van der Waals surface area contributed by atoms with Crippen LogP contribution in [-0.4, -0.2) is 50.3 Å². The SMILES string of the molecule is COC(=O)C[C@H]1[C@H](C(=O)OC)C(=O)ON1C. The first kappa shape index (κ1) is 12.4. The Labute approximate surface area is 92.2 Å². The molecule has 7 heteroatoms. The van der Waals surface area contributed by atoms with Crippen LogP contribution in [-0.2, 0) is 28.7 Å². The van der Waals surface area contributed by atoms with Crippen LogP contribution >= 0.6 is 0 Å². The molecule has 1 aliphatic heterocycles. The summed E-state index contributed by atoms with van der Waals surface area (Å²) in [4.78, 5) is 38.5. The van der Waals surface area contributed by atoms with E-state index in [9.17, 15) is 14.4 Å². The van der Waals surface area contributed by atoms with Gasteiger partial charge in [-0.25, -0.2) is 4.79 Å². The van der Waals surface area contributed by atoms with Crippen molar-refractivity contribution in [2.45, 2.75) is 12.5 Å². The average Bonchev–Trinajstić information content (AvgIpc) is 2.53. The first-order valence-electron chi connectivity index (χ1n) is 4.60. The highest BCUT2D eigenvalue weighted by Crippen LogP contribution is 2.25. The minimum atomic E-state index is -1.10. The van der Waals surface area contributed by atoms with Crippen LogP contribution in [0.25, 0.3) is 0 Å². The van der Waals surface area contributed by atoms with Crippen LogP contribution in [0.15, 0.2) is 0 Å². The van der Waals surface area contributed by atoms with Crippen molar-refractivity contribution in [1.29, 1.82) is 0 Å². The van der Waals surface area contributed by atoms with Crippen LogP contribution in [0.4, 0.5) is 0 Å². The Balaban J connectivity index is 2.81. The van der Waals surface area contributed by atoms with Gasteiger partial charge in [-0.05, 0) is 0 Å². The molecule has 2 atom stereocenters.